The van der Waals surface area contributed by atoms with Crippen molar-refractivity contribution in [2.45, 2.75) is 0 Å². The fourth-order valence-corrected chi connectivity index (χ4v) is 2.42. The summed E-state index contributed by atoms with van der Waals surface area (Å²) in [5, 5.41) is 0. The highest BCUT2D eigenvalue weighted by molar-refractivity contribution is 5.90. The van der Waals surface area contributed by atoms with Gasteiger partial charge in [0.05, 0.1) is 18.4 Å². The third kappa shape index (κ3) is 3.22. The van der Waals surface area contributed by atoms with Crippen LogP contribution in [0.5, 0.6) is 0 Å². The molecule has 0 saturated carbocycles. The highest BCUT2D eigenvalue weighted by Crippen LogP contribution is 2.24. The van der Waals surface area contributed by atoms with Gasteiger partial charge in [-0.3, -0.25) is 9.78 Å². The molecule has 3 aromatic rings. The summed E-state index contributed by atoms with van der Waals surface area (Å²) in [6.07, 6.45) is 2.42. The van der Waals surface area contributed by atoms with E-state index in [-0.39, 0.29) is 5.97 Å². The molecule has 0 radical (unpaired) electrons. The molecule has 0 saturated heterocycles. The Morgan fingerprint density at radius 3 is 2.08 bits per heavy atom. The second-order valence-electron chi connectivity index (χ2n) is 5.24. The van der Waals surface area contributed by atoms with Gasteiger partial charge in [-0.25, -0.2) is 4.79 Å². The molecule has 0 aliphatic carbocycles. The van der Waals surface area contributed by atoms with Gasteiger partial charge in [0, 0.05) is 17.3 Å². The van der Waals surface area contributed by atoms with Crippen molar-refractivity contribution in [1.82, 2.24) is 4.98 Å². The first-order valence-corrected chi connectivity index (χ1v) is 7.41. The van der Waals surface area contributed by atoms with E-state index < -0.39 is 0 Å². The second kappa shape index (κ2) is 6.87. The molecule has 0 fully saturated rings. The van der Waals surface area contributed by atoms with Crippen LogP contribution in [-0.4, -0.2) is 24.3 Å². The number of nitrogens with zero attached hydrogens (tertiary/aromatic N) is 1. The molecule has 0 spiro atoms. The van der Waals surface area contributed by atoms with Crippen molar-refractivity contribution in [3.05, 3.63) is 78.0 Å². The SMILES string of the molecule is COC(=O)c1ccnc(-c2ccc(-c3ccc(C=O)cc3)cc2)c1. The molecule has 118 valence electrons. The minimum atomic E-state index is -0.384. The van der Waals surface area contributed by atoms with E-state index in [9.17, 15) is 9.59 Å². The molecule has 0 bridgehead atoms. The molecule has 4 nitrogen and oxygen atoms in total. The fourth-order valence-electron chi connectivity index (χ4n) is 2.42. The normalized spacial score (nSPS) is 10.2. The fraction of sp³-hybridized carbons (Fsp3) is 0.0500. The zero-order chi connectivity index (χ0) is 16.9. The first kappa shape index (κ1) is 15.6. The van der Waals surface area contributed by atoms with Gasteiger partial charge >= 0.3 is 5.97 Å². The van der Waals surface area contributed by atoms with Crippen molar-refractivity contribution in [3.8, 4) is 22.4 Å². The van der Waals surface area contributed by atoms with E-state index in [1.165, 1.54) is 7.11 Å². The van der Waals surface area contributed by atoms with Gasteiger partial charge in [-0.15, -0.1) is 0 Å². The van der Waals surface area contributed by atoms with Crippen LogP contribution in [0.15, 0.2) is 66.9 Å². The Hall–Kier alpha value is -3.27. The lowest BCUT2D eigenvalue weighted by atomic mass is 10.0. The van der Waals surface area contributed by atoms with E-state index in [2.05, 4.69) is 4.98 Å². The maximum atomic E-state index is 11.6. The van der Waals surface area contributed by atoms with Gasteiger partial charge in [0.25, 0.3) is 0 Å². The molecule has 0 amide bonds. The zero-order valence-corrected chi connectivity index (χ0v) is 13.1. The number of rotatable bonds is 4. The summed E-state index contributed by atoms with van der Waals surface area (Å²) in [6, 6.07) is 18.6. The molecule has 0 aliphatic rings. The number of carbonyl (C=O) groups excluding carboxylic acids is 2. The Morgan fingerprint density at radius 1 is 0.917 bits per heavy atom. The lowest BCUT2D eigenvalue weighted by Crippen LogP contribution is -2.01. The summed E-state index contributed by atoms with van der Waals surface area (Å²) in [5.41, 5.74) is 4.81. The molecular formula is C20H15NO3. The van der Waals surface area contributed by atoms with Crippen LogP contribution in [0.1, 0.15) is 20.7 Å². The molecule has 0 N–H and O–H groups in total. The highest BCUT2D eigenvalue weighted by atomic mass is 16.5. The third-order valence-corrected chi connectivity index (χ3v) is 3.74. The number of ether oxygens (including phenoxy) is 1. The molecule has 4 heteroatoms. The molecule has 1 aromatic heterocycles. The van der Waals surface area contributed by atoms with Crippen molar-refractivity contribution in [3.63, 3.8) is 0 Å². The van der Waals surface area contributed by atoms with E-state index in [0.29, 0.717) is 16.8 Å². The van der Waals surface area contributed by atoms with Crippen molar-refractivity contribution >= 4 is 12.3 Å². The van der Waals surface area contributed by atoms with E-state index in [1.807, 2.05) is 36.4 Å². The average Bonchev–Trinajstić information content (AvgIpc) is 2.67. The van der Waals surface area contributed by atoms with Gasteiger partial charge in [-0.1, -0.05) is 48.5 Å². The molecule has 2 aromatic carbocycles. The summed E-state index contributed by atoms with van der Waals surface area (Å²) in [7, 11) is 1.35. The third-order valence-electron chi connectivity index (χ3n) is 3.74. The monoisotopic (exact) mass is 317 g/mol. The van der Waals surface area contributed by atoms with Crippen LogP contribution in [0.4, 0.5) is 0 Å². The first-order chi connectivity index (χ1) is 11.7. The average molecular weight is 317 g/mol. The number of aldehydes is 1. The number of esters is 1. The predicted molar refractivity (Wildman–Crippen MR) is 91.8 cm³/mol. The smallest absolute Gasteiger partial charge is 0.337 e. The Bertz CT molecular complexity index is 868. The van der Waals surface area contributed by atoms with Gasteiger partial charge < -0.3 is 4.74 Å². The lowest BCUT2D eigenvalue weighted by molar-refractivity contribution is 0.0600. The molecule has 24 heavy (non-hydrogen) atoms. The summed E-state index contributed by atoms with van der Waals surface area (Å²) >= 11 is 0. The van der Waals surface area contributed by atoms with Crippen LogP contribution in [-0.2, 0) is 4.74 Å². The second-order valence-corrected chi connectivity index (χ2v) is 5.24. The Morgan fingerprint density at radius 2 is 1.50 bits per heavy atom. The predicted octanol–water partition coefficient (Wildman–Crippen LogP) is 4.01. The molecule has 3 rings (SSSR count). The number of aromatic nitrogens is 1. The number of hydrogen-bond donors (Lipinski definition) is 0. The van der Waals surface area contributed by atoms with E-state index in [0.717, 1.165) is 23.0 Å². The Balaban J connectivity index is 1.89. The standard InChI is InChI=1S/C20H15NO3/c1-24-20(23)18-10-11-21-19(12-18)17-8-6-16(7-9-17)15-4-2-14(13-22)3-5-15/h2-13H,1H3. The van der Waals surface area contributed by atoms with E-state index in [1.54, 1.807) is 30.5 Å². The van der Waals surface area contributed by atoms with Crippen LogP contribution < -0.4 is 0 Å². The number of benzene rings is 2. The number of carbonyl (C=O) groups is 2. The zero-order valence-electron chi connectivity index (χ0n) is 13.1. The maximum absolute atomic E-state index is 11.6. The summed E-state index contributed by atoms with van der Waals surface area (Å²) < 4.78 is 4.73. The Labute approximate surface area is 139 Å². The number of methoxy groups -OCH3 is 1. The molecule has 0 atom stereocenters. The molecule has 0 unspecified atom stereocenters. The number of hydrogen-bond acceptors (Lipinski definition) is 4. The van der Waals surface area contributed by atoms with Crippen LogP contribution in [0.25, 0.3) is 22.4 Å². The quantitative estimate of drug-likeness (QED) is 0.539. The maximum Gasteiger partial charge on any atom is 0.337 e. The topological polar surface area (TPSA) is 56.3 Å². The van der Waals surface area contributed by atoms with Gasteiger partial charge in [-0.2, -0.15) is 0 Å². The first-order valence-electron chi connectivity index (χ1n) is 7.41. The van der Waals surface area contributed by atoms with Crippen molar-refractivity contribution in [2.24, 2.45) is 0 Å². The van der Waals surface area contributed by atoms with Crippen LogP contribution in [0.2, 0.25) is 0 Å². The molecule has 1 heterocycles. The van der Waals surface area contributed by atoms with Gasteiger partial charge in [0.1, 0.15) is 6.29 Å². The molecule has 0 aliphatic heterocycles. The highest BCUT2D eigenvalue weighted by Gasteiger charge is 2.08. The van der Waals surface area contributed by atoms with Gasteiger partial charge in [-0.05, 0) is 23.3 Å². The summed E-state index contributed by atoms with van der Waals surface area (Å²) in [6.45, 7) is 0. The largest absolute Gasteiger partial charge is 0.465 e. The minimum absolute atomic E-state index is 0.384. The van der Waals surface area contributed by atoms with E-state index >= 15 is 0 Å². The van der Waals surface area contributed by atoms with Crippen molar-refractivity contribution in [1.29, 1.82) is 0 Å². The Kier molecular flexibility index (Phi) is 4.47. The van der Waals surface area contributed by atoms with Gasteiger partial charge in [0.2, 0.25) is 0 Å². The molecular weight excluding hydrogens is 302 g/mol. The minimum Gasteiger partial charge on any atom is -0.465 e. The van der Waals surface area contributed by atoms with Crippen LogP contribution in [0.3, 0.4) is 0 Å². The summed E-state index contributed by atoms with van der Waals surface area (Å²) in [5.74, 6) is -0.384. The summed E-state index contributed by atoms with van der Waals surface area (Å²) in [4.78, 5) is 26.6. The van der Waals surface area contributed by atoms with Crippen LogP contribution in [0, 0.1) is 0 Å². The van der Waals surface area contributed by atoms with Crippen molar-refractivity contribution < 1.29 is 14.3 Å². The van der Waals surface area contributed by atoms with Gasteiger partial charge in [0.15, 0.2) is 0 Å². The van der Waals surface area contributed by atoms with Crippen molar-refractivity contribution in [2.75, 3.05) is 7.11 Å². The van der Waals surface area contributed by atoms with Crippen LogP contribution >= 0.6 is 0 Å². The lowest BCUT2D eigenvalue weighted by Gasteiger charge is -2.06. The number of pyridine rings is 1. The van der Waals surface area contributed by atoms with E-state index in [4.69, 9.17) is 4.74 Å².